The van der Waals surface area contributed by atoms with E-state index in [4.69, 9.17) is 4.74 Å². The number of amides is 4. The predicted octanol–water partition coefficient (Wildman–Crippen LogP) is 2.06. The van der Waals surface area contributed by atoms with Crippen LogP contribution in [0.15, 0.2) is 42.5 Å². The molecule has 148 valence electrons. The first kappa shape index (κ1) is 18.7. The Labute approximate surface area is 167 Å². The molecule has 0 aliphatic carbocycles. The maximum atomic E-state index is 12.5. The molecule has 0 saturated heterocycles. The number of anilines is 2. The standard InChI is InChI=1S/C21H19N3O5/c1-3-23-16-9-8-13(10-17(16)29-12(2)19(23)26)22-18(25)11-24-20(27)14-6-4-5-7-15(14)21(24)28/h4-10,12H,3,11H2,1-2H3,(H,22,25). The average molecular weight is 393 g/mol. The van der Waals surface area contributed by atoms with Crippen LogP contribution >= 0.6 is 0 Å². The molecule has 2 aromatic rings. The van der Waals surface area contributed by atoms with Crippen LogP contribution in [0.2, 0.25) is 0 Å². The Morgan fingerprint density at radius 2 is 1.69 bits per heavy atom. The molecule has 8 nitrogen and oxygen atoms in total. The van der Waals surface area contributed by atoms with E-state index >= 15 is 0 Å². The van der Waals surface area contributed by atoms with E-state index in [-0.39, 0.29) is 12.5 Å². The van der Waals surface area contributed by atoms with E-state index in [2.05, 4.69) is 5.32 Å². The topological polar surface area (TPSA) is 96.0 Å². The molecule has 1 atom stereocenters. The van der Waals surface area contributed by atoms with E-state index in [1.165, 1.54) is 0 Å². The third kappa shape index (κ3) is 3.12. The molecule has 4 amide bonds. The highest BCUT2D eigenvalue weighted by Crippen LogP contribution is 2.36. The number of ether oxygens (including phenoxy) is 1. The Balaban J connectivity index is 1.49. The number of likely N-dealkylation sites (N-methyl/N-ethyl adjacent to an activating group) is 1. The number of rotatable bonds is 4. The average Bonchev–Trinajstić information content (AvgIpc) is 2.94. The third-order valence-electron chi connectivity index (χ3n) is 4.95. The zero-order chi connectivity index (χ0) is 20.7. The molecule has 0 saturated carbocycles. The highest BCUT2D eigenvalue weighted by Gasteiger charge is 2.36. The fourth-order valence-electron chi connectivity index (χ4n) is 3.54. The summed E-state index contributed by atoms with van der Waals surface area (Å²) in [7, 11) is 0. The Hall–Kier alpha value is -3.68. The van der Waals surface area contributed by atoms with Gasteiger partial charge in [0.2, 0.25) is 5.91 Å². The summed E-state index contributed by atoms with van der Waals surface area (Å²) in [6, 6.07) is 11.4. The van der Waals surface area contributed by atoms with Gasteiger partial charge < -0.3 is 15.0 Å². The minimum Gasteiger partial charge on any atom is -0.479 e. The van der Waals surface area contributed by atoms with Crippen LogP contribution in [0, 0.1) is 0 Å². The molecule has 0 radical (unpaired) electrons. The third-order valence-corrected chi connectivity index (χ3v) is 4.95. The number of carbonyl (C=O) groups excluding carboxylic acids is 4. The molecule has 4 rings (SSSR count). The summed E-state index contributed by atoms with van der Waals surface area (Å²) < 4.78 is 5.65. The molecule has 2 aliphatic rings. The van der Waals surface area contributed by atoms with Crippen LogP contribution in [0.3, 0.4) is 0 Å². The van der Waals surface area contributed by atoms with Gasteiger partial charge in [0.25, 0.3) is 17.7 Å². The van der Waals surface area contributed by atoms with Gasteiger partial charge >= 0.3 is 0 Å². The van der Waals surface area contributed by atoms with Gasteiger partial charge in [0.1, 0.15) is 12.3 Å². The van der Waals surface area contributed by atoms with Crippen molar-refractivity contribution in [1.29, 1.82) is 0 Å². The fourth-order valence-corrected chi connectivity index (χ4v) is 3.54. The van der Waals surface area contributed by atoms with E-state index in [1.54, 1.807) is 54.3 Å². The molecule has 0 bridgehead atoms. The fraction of sp³-hybridized carbons (Fsp3) is 0.238. The van der Waals surface area contributed by atoms with Crippen molar-refractivity contribution in [3.05, 3.63) is 53.6 Å². The molecule has 1 N–H and O–H groups in total. The lowest BCUT2D eigenvalue weighted by atomic mass is 10.1. The molecule has 0 fully saturated rings. The molecular weight excluding hydrogens is 374 g/mol. The number of nitrogens with zero attached hydrogens (tertiary/aromatic N) is 2. The van der Waals surface area contributed by atoms with Gasteiger partial charge in [-0.15, -0.1) is 0 Å². The first-order valence-electron chi connectivity index (χ1n) is 9.28. The summed E-state index contributed by atoms with van der Waals surface area (Å²) in [5, 5.41) is 2.68. The first-order chi connectivity index (χ1) is 13.9. The van der Waals surface area contributed by atoms with Crippen molar-refractivity contribution in [3.63, 3.8) is 0 Å². The largest absolute Gasteiger partial charge is 0.479 e. The summed E-state index contributed by atoms with van der Waals surface area (Å²) in [5.41, 5.74) is 1.67. The van der Waals surface area contributed by atoms with Gasteiger partial charge in [-0.3, -0.25) is 24.1 Å². The second kappa shape index (κ2) is 7.05. The molecule has 0 aromatic heterocycles. The minimum atomic E-state index is -0.619. The van der Waals surface area contributed by atoms with Crippen molar-refractivity contribution < 1.29 is 23.9 Å². The smallest absolute Gasteiger partial charge is 0.267 e. The molecule has 8 heteroatoms. The van der Waals surface area contributed by atoms with Crippen LogP contribution in [0.1, 0.15) is 34.6 Å². The summed E-state index contributed by atoms with van der Waals surface area (Å²) in [5.74, 6) is -1.12. The zero-order valence-electron chi connectivity index (χ0n) is 16.0. The second-order valence-electron chi connectivity index (χ2n) is 6.82. The Kier molecular flexibility index (Phi) is 4.54. The van der Waals surface area contributed by atoms with E-state index in [9.17, 15) is 19.2 Å². The van der Waals surface area contributed by atoms with Gasteiger partial charge in [-0.25, -0.2) is 0 Å². The van der Waals surface area contributed by atoms with Gasteiger partial charge in [-0.1, -0.05) is 12.1 Å². The van der Waals surface area contributed by atoms with Crippen LogP contribution < -0.4 is 15.0 Å². The van der Waals surface area contributed by atoms with Crippen LogP contribution in [0.5, 0.6) is 5.75 Å². The van der Waals surface area contributed by atoms with E-state index in [0.29, 0.717) is 34.8 Å². The van der Waals surface area contributed by atoms with Crippen LogP contribution in [0.4, 0.5) is 11.4 Å². The maximum absolute atomic E-state index is 12.5. The van der Waals surface area contributed by atoms with E-state index in [0.717, 1.165) is 4.90 Å². The molecular formula is C21H19N3O5. The predicted molar refractivity (Wildman–Crippen MR) is 105 cm³/mol. The normalized spacial score (nSPS) is 17.7. The number of imide groups is 1. The van der Waals surface area contributed by atoms with Crippen molar-refractivity contribution in [2.75, 3.05) is 23.3 Å². The monoisotopic (exact) mass is 393 g/mol. The van der Waals surface area contributed by atoms with Crippen LogP contribution in [0.25, 0.3) is 0 Å². The molecule has 29 heavy (non-hydrogen) atoms. The lowest BCUT2D eigenvalue weighted by Crippen LogP contribution is -2.44. The number of fused-ring (bicyclic) bond motifs is 2. The van der Waals surface area contributed by atoms with Crippen molar-refractivity contribution in [3.8, 4) is 5.75 Å². The Morgan fingerprint density at radius 1 is 1.03 bits per heavy atom. The number of benzene rings is 2. The quantitative estimate of drug-likeness (QED) is 0.802. The molecule has 2 aliphatic heterocycles. The van der Waals surface area contributed by atoms with Gasteiger partial charge in [-0.05, 0) is 38.1 Å². The lowest BCUT2D eigenvalue weighted by Gasteiger charge is -2.32. The molecule has 2 aromatic carbocycles. The van der Waals surface area contributed by atoms with Crippen molar-refractivity contribution in [1.82, 2.24) is 4.90 Å². The number of hydrogen-bond donors (Lipinski definition) is 1. The number of carbonyl (C=O) groups is 4. The van der Waals surface area contributed by atoms with Gasteiger partial charge in [-0.2, -0.15) is 0 Å². The minimum absolute atomic E-state index is 0.123. The molecule has 2 heterocycles. The van der Waals surface area contributed by atoms with Crippen molar-refractivity contribution >= 4 is 35.0 Å². The van der Waals surface area contributed by atoms with Gasteiger partial charge in [0.05, 0.1) is 16.8 Å². The lowest BCUT2D eigenvalue weighted by molar-refractivity contribution is -0.125. The molecule has 0 spiro atoms. The zero-order valence-corrected chi connectivity index (χ0v) is 16.0. The van der Waals surface area contributed by atoms with Crippen molar-refractivity contribution in [2.24, 2.45) is 0 Å². The van der Waals surface area contributed by atoms with Crippen LogP contribution in [-0.4, -0.2) is 47.7 Å². The summed E-state index contributed by atoms with van der Waals surface area (Å²) in [6.07, 6.45) is -0.619. The van der Waals surface area contributed by atoms with Crippen LogP contribution in [-0.2, 0) is 9.59 Å². The highest BCUT2D eigenvalue weighted by atomic mass is 16.5. The van der Waals surface area contributed by atoms with Gasteiger partial charge in [0.15, 0.2) is 6.10 Å². The first-order valence-corrected chi connectivity index (χ1v) is 9.28. The van der Waals surface area contributed by atoms with Gasteiger partial charge in [0, 0.05) is 18.3 Å². The van der Waals surface area contributed by atoms with Crippen molar-refractivity contribution in [2.45, 2.75) is 20.0 Å². The summed E-state index contributed by atoms with van der Waals surface area (Å²) in [6.45, 7) is 3.66. The second-order valence-corrected chi connectivity index (χ2v) is 6.82. The van der Waals surface area contributed by atoms with E-state index < -0.39 is 23.8 Å². The summed E-state index contributed by atoms with van der Waals surface area (Å²) in [4.78, 5) is 52.0. The maximum Gasteiger partial charge on any atom is 0.267 e. The Morgan fingerprint density at radius 3 is 2.31 bits per heavy atom. The number of hydrogen-bond acceptors (Lipinski definition) is 5. The SMILES string of the molecule is CCN1C(=O)C(C)Oc2cc(NC(=O)CN3C(=O)c4ccccc4C3=O)ccc21. The highest BCUT2D eigenvalue weighted by molar-refractivity contribution is 6.22. The number of nitrogens with one attached hydrogen (secondary N) is 1. The van der Waals surface area contributed by atoms with E-state index in [1.807, 2.05) is 6.92 Å². The molecule has 1 unspecified atom stereocenters. The Bertz CT molecular complexity index is 1010. The summed E-state index contributed by atoms with van der Waals surface area (Å²) >= 11 is 0.